The van der Waals surface area contributed by atoms with E-state index in [1.165, 1.54) is 0 Å². The van der Waals surface area contributed by atoms with E-state index in [-0.39, 0.29) is 30.4 Å². The monoisotopic (exact) mass is 316 g/mol. The number of rotatable bonds is 7. The van der Waals surface area contributed by atoms with Crippen LogP contribution in [0.5, 0.6) is 11.5 Å². The number of carbonyl (C=O) groups excluding carboxylic acids is 1. The molecule has 120 valence electrons. The fourth-order valence-corrected chi connectivity index (χ4v) is 2.04. The molecule has 1 aromatic rings. The van der Waals surface area contributed by atoms with Crippen LogP contribution in [0.1, 0.15) is 25.8 Å². The maximum absolute atomic E-state index is 11.6. The van der Waals surface area contributed by atoms with Crippen LogP contribution in [0.2, 0.25) is 0 Å². The van der Waals surface area contributed by atoms with Crippen LogP contribution in [0, 0.1) is 0 Å². The summed E-state index contributed by atoms with van der Waals surface area (Å²) in [5.74, 6) is 1.37. The van der Waals surface area contributed by atoms with Crippen molar-refractivity contribution in [3.63, 3.8) is 0 Å². The number of ether oxygens (including phenoxy) is 2. The van der Waals surface area contributed by atoms with Gasteiger partial charge in [0.15, 0.2) is 11.5 Å². The standard InChI is InChI=1S/C15H24N2O3.ClH/c1-10(16)7-15(18)17-11(2)8-12-5-6-13(19-3)14(9-12)20-4;/h5-6,9-11H,7-8,16H2,1-4H3,(H,17,18);1H. The molecule has 2 atom stereocenters. The van der Waals surface area contributed by atoms with E-state index in [9.17, 15) is 4.79 Å². The van der Waals surface area contributed by atoms with Crippen molar-refractivity contribution in [2.24, 2.45) is 5.73 Å². The summed E-state index contributed by atoms with van der Waals surface area (Å²) in [6, 6.07) is 5.68. The SMILES string of the molecule is COc1ccc(CC(C)NC(=O)CC(C)N)cc1OC.Cl. The predicted molar refractivity (Wildman–Crippen MR) is 86.4 cm³/mol. The van der Waals surface area contributed by atoms with Crippen molar-refractivity contribution in [3.8, 4) is 11.5 Å². The van der Waals surface area contributed by atoms with Crippen molar-refractivity contribution in [2.45, 2.75) is 38.8 Å². The van der Waals surface area contributed by atoms with Crippen LogP contribution < -0.4 is 20.5 Å². The lowest BCUT2D eigenvalue weighted by molar-refractivity contribution is -0.121. The molecule has 21 heavy (non-hydrogen) atoms. The minimum atomic E-state index is -0.122. The number of nitrogens with one attached hydrogen (secondary N) is 1. The van der Waals surface area contributed by atoms with Crippen LogP contribution in [0.15, 0.2) is 18.2 Å². The van der Waals surface area contributed by atoms with Crippen molar-refractivity contribution >= 4 is 18.3 Å². The van der Waals surface area contributed by atoms with Gasteiger partial charge in [-0.15, -0.1) is 12.4 Å². The highest BCUT2D eigenvalue weighted by atomic mass is 35.5. The number of halogens is 1. The lowest BCUT2D eigenvalue weighted by atomic mass is 10.1. The van der Waals surface area contributed by atoms with Crippen LogP contribution in [0.4, 0.5) is 0 Å². The van der Waals surface area contributed by atoms with Crippen LogP contribution in [-0.4, -0.2) is 32.2 Å². The van der Waals surface area contributed by atoms with Crippen molar-refractivity contribution in [3.05, 3.63) is 23.8 Å². The summed E-state index contributed by atoms with van der Waals surface area (Å²) < 4.78 is 10.5. The zero-order valence-corrected chi connectivity index (χ0v) is 13.8. The zero-order valence-electron chi connectivity index (χ0n) is 13.0. The first kappa shape index (κ1) is 19.5. The fourth-order valence-electron chi connectivity index (χ4n) is 2.04. The Morgan fingerprint density at radius 1 is 1.24 bits per heavy atom. The smallest absolute Gasteiger partial charge is 0.221 e. The molecule has 0 aromatic heterocycles. The second-order valence-corrected chi connectivity index (χ2v) is 5.04. The van der Waals surface area contributed by atoms with E-state index in [4.69, 9.17) is 15.2 Å². The summed E-state index contributed by atoms with van der Waals surface area (Å²) in [5.41, 5.74) is 6.68. The third-order valence-corrected chi connectivity index (χ3v) is 2.90. The van der Waals surface area contributed by atoms with E-state index in [0.717, 1.165) is 12.0 Å². The number of hydrogen-bond acceptors (Lipinski definition) is 4. The van der Waals surface area contributed by atoms with Gasteiger partial charge in [0.05, 0.1) is 14.2 Å². The molecule has 1 amide bonds. The molecule has 0 saturated carbocycles. The molecule has 0 radical (unpaired) electrons. The first-order valence-electron chi connectivity index (χ1n) is 6.72. The quantitative estimate of drug-likeness (QED) is 0.806. The van der Waals surface area contributed by atoms with E-state index < -0.39 is 0 Å². The molecule has 5 nitrogen and oxygen atoms in total. The highest BCUT2D eigenvalue weighted by Crippen LogP contribution is 2.27. The van der Waals surface area contributed by atoms with Gasteiger partial charge in [-0.2, -0.15) is 0 Å². The number of carbonyl (C=O) groups is 1. The van der Waals surface area contributed by atoms with Crippen LogP contribution in [-0.2, 0) is 11.2 Å². The van der Waals surface area contributed by atoms with E-state index >= 15 is 0 Å². The van der Waals surface area contributed by atoms with Gasteiger partial charge >= 0.3 is 0 Å². The normalized spacial score (nSPS) is 12.8. The summed E-state index contributed by atoms with van der Waals surface area (Å²) in [6.07, 6.45) is 1.07. The van der Waals surface area contributed by atoms with Gasteiger partial charge in [-0.3, -0.25) is 4.79 Å². The Kier molecular flexibility index (Phi) is 8.81. The average molecular weight is 317 g/mol. The molecule has 0 fully saturated rings. The molecule has 1 aromatic carbocycles. The molecular formula is C15H25ClN2O3. The Labute approximate surface area is 132 Å². The highest BCUT2D eigenvalue weighted by Gasteiger charge is 2.11. The van der Waals surface area contributed by atoms with E-state index in [0.29, 0.717) is 17.9 Å². The molecule has 1 rings (SSSR count). The topological polar surface area (TPSA) is 73.6 Å². The second kappa shape index (κ2) is 9.47. The second-order valence-electron chi connectivity index (χ2n) is 5.04. The molecule has 2 unspecified atom stereocenters. The molecular weight excluding hydrogens is 292 g/mol. The summed E-state index contributed by atoms with van der Waals surface area (Å²) >= 11 is 0. The van der Waals surface area contributed by atoms with Gasteiger partial charge in [0, 0.05) is 18.5 Å². The minimum absolute atomic E-state index is 0. The van der Waals surface area contributed by atoms with E-state index in [1.807, 2.05) is 32.0 Å². The number of benzene rings is 1. The van der Waals surface area contributed by atoms with Gasteiger partial charge in [0.25, 0.3) is 0 Å². The molecule has 0 aliphatic rings. The Hall–Kier alpha value is -1.46. The van der Waals surface area contributed by atoms with Crippen LogP contribution in [0.25, 0.3) is 0 Å². The van der Waals surface area contributed by atoms with Crippen molar-refractivity contribution < 1.29 is 14.3 Å². The van der Waals surface area contributed by atoms with Crippen LogP contribution >= 0.6 is 12.4 Å². The Balaban J connectivity index is 0.00000400. The molecule has 0 aliphatic heterocycles. The highest BCUT2D eigenvalue weighted by molar-refractivity contribution is 5.85. The van der Waals surface area contributed by atoms with Crippen LogP contribution in [0.3, 0.4) is 0 Å². The molecule has 0 heterocycles. The van der Waals surface area contributed by atoms with Gasteiger partial charge < -0.3 is 20.5 Å². The molecule has 0 saturated heterocycles. The number of nitrogens with two attached hydrogens (primary N) is 1. The van der Waals surface area contributed by atoms with E-state index in [2.05, 4.69) is 5.32 Å². The summed E-state index contributed by atoms with van der Waals surface area (Å²) in [6.45, 7) is 3.79. The largest absolute Gasteiger partial charge is 0.493 e. The van der Waals surface area contributed by atoms with Crippen molar-refractivity contribution in [1.29, 1.82) is 0 Å². The van der Waals surface area contributed by atoms with Crippen molar-refractivity contribution in [1.82, 2.24) is 5.32 Å². The lowest BCUT2D eigenvalue weighted by Gasteiger charge is -2.16. The first-order chi connectivity index (χ1) is 9.46. The zero-order chi connectivity index (χ0) is 15.1. The molecule has 6 heteroatoms. The summed E-state index contributed by atoms with van der Waals surface area (Å²) in [4.78, 5) is 11.6. The van der Waals surface area contributed by atoms with Gasteiger partial charge in [-0.1, -0.05) is 6.07 Å². The summed E-state index contributed by atoms with van der Waals surface area (Å²) in [5, 5.41) is 2.93. The molecule has 0 spiro atoms. The van der Waals surface area contributed by atoms with Crippen molar-refractivity contribution in [2.75, 3.05) is 14.2 Å². The van der Waals surface area contributed by atoms with Gasteiger partial charge in [0.1, 0.15) is 0 Å². The maximum Gasteiger partial charge on any atom is 0.221 e. The fraction of sp³-hybridized carbons (Fsp3) is 0.533. The Morgan fingerprint density at radius 2 is 1.86 bits per heavy atom. The first-order valence-corrected chi connectivity index (χ1v) is 6.72. The molecule has 0 aliphatic carbocycles. The third kappa shape index (κ3) is 6.69. The van der Waals surface area contributed by atoms with E-state index in [1.54, 1.807) is 14.2 Å². The minimum Gasteiger partial charge on any atom is -0.493 e. The van der Waals surface area contributed by atoms with Gasteiger partial charge in [-0.05, 0) is 38.0 Å². The number of methoxy groups -OCH3 is 2. The molecule has 0 bridgehead atoms. The van der Waals surface area contributed by atoms with Gasteiger partial charge in [0.2, 0.25) is 5.91 Å². The maximum atomic E-state index is 11.6. The average Bonchev–Trinajstić information content (AvgIpc) is 2.37. The lowest BCUT2D eigenvalue weighted by Crippen LogP contribution is -2.37. The Bertz CT molecular complexity index is 453. The summed E-state index contributed by atoms with van der Waals surface area (Å²) in [7, 11) is 3.21. The number of amides is 1. The predicted octanol–water partition coefficient (Wildman–Crippen LogP) is 1.91. The molecule has 3 N–H and O–H groups in total. The third-order valence-electron chi connectivity index (χ3n) is 2.90. The van der Waals surface area contributed by atoms with Gasteiger partial charge in [-0.25, -0.2) is 0 Å². The Morgan fingerprint density at radius 3 is 2.38 bits per heavy atom. The number of hydrogen-bond donors (Lipinski definition) is 2.